The van der Waals surface area contributed by atoms with Crippen molar-refractivity contribution < 1.29 is 14.1 Å². The first-order chi connectivity index (χ1) is 10.1. The highest BCUT2D eigenvalue weighted by atomic mass is 32.2. The van der Waals surface area contributed by atoms with Crippen molar-refractivity contribution in [1.82, 2.24) is 4.98 Å². The normalized spacial score (nSPS) is 12.0. The van der Waals surface area contributed by atoms with E-state index in [9.17, 15) is 14.1 Å². The van der Waals surface area contributed by atoms with Crippen LogP contribution in [0.4, 0.5) is 5.13 Å². The number of carbonyl (C=O) groups is 1. The van der Waals surface area contributed by atoms with Crippen LogP contribution < -0.4 is 5.32 Å². The molecule has 0 aliphatic carbocycles. The van der Waals surface area contributed by atoms with Gasteiger partial charge in [0.25, 0.3) is 5.91 Å². The van der Waals surface area contributed by atoms with Crippen molar-refractivity contribution in [2.24, 2.45) is 0 Å². The van der Waals surface area contributed by atoms with Gasteiger partial charge in [-0.15, -0.1) is 0 Å². The highest BCUT2D eigenvalue weighted by Gasteiger charge is 2.14. The number of aromatic nitrogens is 1. The predicted molar refractivity (Wildman–Crippen MR) is 84.4 cm³/mol. The van der Waals surface area contributed by atoms with Crippen molar-refractivity contribution in [3.63, 3.8) is 0 Å². The Labute approximate surface area is 129 Å². The molecule has 1 atom stereocenters. The summed E-state index contributed by atoms with van der Waals surface area (Å²) in [5.74, 6) is 0.0811. The van der Waals surface area contributed by atoms with Crippen LogP contribution in [0, 0.1) is 0 Å². The summed E-state index contributed by atoms with van der Waals surface area (Å²) in [5, 5.41) is 12.6. The lowest BCUT2D eigenvalue weighted by molar-refractivity contribution is 0.102. The topological polar surface area (TPSA) is 79.3 Å². The van der Waals surface area contributed by atoms with Gasteiger partial charge in [-0.1, -0.05) is 36.8 Å². The number of unbranched alkanes of at least 4 members (excludes halogenated alkanes) is 1. The van der Waals surface area contributed by atoms with Crippen LogP contribution in [0.1, 0.15) is 30.1 Å². The van der Waals surface area contributed by atoms with E-state index in [4.69, 9.17) is 0 Å². The van der Waals surface area contributed by atoms with Gasteiger partial charge < -0.3 is 5.11 Å². The second kappa shape index (κ2) is 7.33. The summed E-state index contributed by atoms with van der Waals surface area (Å²) in [6.45, 7) is 2.04. The standard InChI is InChI=1S/C14H16N2O3S2/c1-2-3-8-21(19)12-9-15-14(20-12)16-13(18)10-6-4-5-7-11(10)17/h4-7,9,17H,2-3,8H2,1H3,(H,15,16,18). The molecule has 0 fully saturated rings. The Hall–Kier alpha value is -1.73. The number of anilines is 1. The molecular weight excluding hydrogens is 308 g/mol. The lowest BCUT2D eigenvalue weighted by Gasteiger charge is -2.03. The number of benzene rings is 1. The fraction of sp³-hybridized carbons (Fsp3) is 0.286. The Bertz CT molecular complexity index is 655. The molecule has 1 amide bonds. The van der Waals surface area contributed by atoms with E-state index in [1.54, 1.807) is 12.1 Å². The molecule has 2 N–H and O–H groups in total. The number of para-hydroxylation sites is 1. The molecule has 1 aromatic heterocycles. The fourth-order valence-electron chi connectivity index (χ4n) is 1.63. The van der Waals surface area contributed by atoms with Gasteiger partial charge >= 0.3 is 0 Å². The number of carbonyl (C=O) groups excluding carboxylic acids is 1. The molecule has 5 nitrogen and oxygen atoms in total. The van der Waals surface area contributed by atoms with Crippen molar-refractivity contribution in [3.05, 3.63) is 36.0 Å². The average molecular weight is 324 g/mol. The number of phenols is 1. The molecular formula is C14H16N2O3S2. The molecule has 0 saturated heterocycles. The first-order valence-corrected chi connectivity index (χ1v) is 8.69. The second-order valence-corrected chi connectivity index (χ2v) is 7.19. The van der Waals surface area contributed by atoms with E-state index in [1.807, 2.05) is 6.92 Å². The van der Waals surface area contributed by atoms with Crippen LogP contribution in [0.3, 0.4) is 0 Å². The average Bonchev–Trinajstić information content (AvgIpc) is 2.93. The van der Waals surface area contributed by atoms with Gasteiger partial charge in [-0.3, -0.25) is 14.3 Å². The fourth-order valence-corrected chi connectivity index (χ4v) is 3.95. The number of thiazole rings is 1. The molecule has 21 heavy (non-hydrogen) atoms. The minimum Gasteiger partial charge on any atom is -0.507 e. The van der Waals surface area contributed by atoms with E-state index in [2.05, 4.69) is 10.3 Å². The molecule has 7 heteroatoms. The molecule has 1 unspecified atom stereocenters. The number of nitrogens with zero attached hydrogens (tertiary/aromatic N) is 1. The first-order valence-electron chi connectivity index (χ1n) is 6.55. The molecule has 1 heterocycles. The van der Waals surface area contributed by atoms with Crippen molar-refractivity contribution in [2.75, 3.05) is 11.1 Å². The van der Waals surface area contributed by atoms with Crippen molar-refractivity contribution in [2.45, 2.75) is 24.0 Å². The van der Waals surface area contributed by atoms with E-state index in [1.165, 1.54) is 29.7 Å². The van der Waals surface area contributed by atoms with Gasteiger partial charge in [0.05, 0.1) is 22.6 Å². The van der Waals surface area contributed by atoms with E-state index >= 15 is 0 Å². The highest BCUT2D eigenvalue weighted by Crippen LogP contribution is 2.24. The number of hydrogen-bond donors (Lipinski definition) is 2. The van der Waals surface area contributed by atoms with Gasteiger partial charge in [0, 0.05) is 5.75 Å². The number of hydrogen-bond acceptors (Lipinski definition) is 5. The predicted octanol–water partition coefficient (Wildman–Crippen LogP) is 3.01. The summed E-state index contributed by atoms with van der Waals surface area (Å²) < 4.78 is 12.6. The Morgan fingerprint density at radius 2 is 2.19 bits per heavy atom. The van der Waals surface area contributed by atoms with Crippen molar-refractivity contribution in [1.29, 1.82) is 0 Å². The minimum atomic E-state index is -1.07. The molecule has 2 rings (SSSR count). The molecule has 112 valence electrons. The van der Waals surface area contributed by atoms with Crippen LogP contribution in [0.5, 0.6) is 5.75 Å². The van der Waals surface area contributed by atoms with E-state index in [0.717, 1.165) is 12.8 Å². The summed E-state index contributed by atoms with van der Waals surface area (Å²) in [6, 6.07) is 6.28. The number of nitrogens with one attached hydrogen (secondary N) is 1. The summed E-state index contributed by atoms with van der Waals surface area (Å²) in [5.41, 5.74) is 0.182. The molecule has 0 aliphatic heterocycles. The molecule has 0 saturated carbocycles. The second-order valence-electron chi connectivity index (χ2n) is 4.36. The van der Waals surface area contributed by atoms with Crippen LogP contribution in [-0.2, 0) is 10.8 Å². The first kappa shape index (κ1) is 15.7. The van der Waals surface area contributed by atoms with E-state index in [0.29, 0.717) is 15.1 Å². The zero-order valence-corrected chi connectivity index (χ0v) is 13.2. The summed E-state index contributed by atoms with van der Waals surface area (Å²) in [7, 11) is -1.07. The van der Waals surface area contributed by atoms with E-state index < -0.39 is 16.7 Å². The van der Waals surface area contributed by atoms with Gasteiger partial charge in [0.1, 0.15) is 9.96 Å². The third kappa shape index (κ3) is 4.12. The molecule has 0 radical (unpaired) electrons. The largest absolute Gasteiger partial charge is 0.507 e. The molecule has 2 aromatic rings. The zero-order valence-electron chi connectivity index (χ0n) is 11.5. The summed E-state index contributed by atoms with van der Waals surface area (Å²) in [4.78, 5) is 16.1. The minimum absolute atomic E-state index is 0.0849. The third-order valence-corrected chi connectivity index (χ3v) is 5.49. The van der Waals surface area contributed by atoms with Crippen LogP contribution >= 0.6 is 11.3 Å². The Morgan fingerprint density at radius 1 is 1.43 bits per heavy atom. The van der Waals surface area contributed by atoms with Gasteiger partial charge in [0.2, 0.25) is 0 Å². The Balaban J connectivity index is 2.04. The van der Waals surface area contributed by atoms with Crippen LogP contribution in [0.2, 0.25) is 0 Å². The smallest absolute Gasteiger partial charge is 0.261 e. The van der Waals surface area contributed by atoms with Gasteiger partial charge in [-0.2, -0.15) is 0 Å². The summed E-state index contributed by atoms with van der Waals surface area (Å²) >= 11 is 1.20. The number of amides is 1. The number of aromatic hydroxyl groups is 1. The molecule has 0 spiro atoms. The summed E-state index contributed by atoms with van der Waals surface area (Å²) in [6.07, 6.45) is 3.41. The zero-order chi connectivity index (χ0) is 15.2. The molecule has 0 aliphatic rings. The maximum absolute atomic E-state index is 12.0. The van der Waals surface area contributed by atoms with Crippen LogP contribution in [0.15, 0.2) is 34.7 Å². The van der Waals surface area contributed by atoms with Crippen LogP contribution in [0.25, 0.3) is 0 Å². The van der Waals surface area contributed by atoms with Gasteiger partial charge in [-0.25, -0.2) is 4.98 Å². The van der Waals surface area contributed by atoms with Crippen molar-refractivity contribution in [3.8, 4) is 5.75 Å². The quantitative estimate of drug-likeness (QED) is 0.856. The maximum Gasteiger partial charge on any atom is 0.261 e. The molecule has 0 bridgehead atoms. The lowest BCUT2D eigenvalue weighted by atomic mass is 10.2. The van der Waals surface area contributed by atoms with Gasteiger partial charge in [-0.05, 0) is 18.6 Å². The Morgan fingerprint density at radius 3 is 2.90 bits per heavy atom. The van der Waals surface area contributed by atoms with Gasteiger partial charge in [0.15, 0.2) is 5.13 Å². The lowest BCUT2D eigenvalue weighted by Crippen LogP contribution is -2.11. The SMILES string of the molecule is CCCCS(=O)c1cnc(NC(=O)c2ccccc2O)s1. The Kier molecular flexibility index (Phi) is 5.46. The highest BCUT2D eigenvalue weighted by molar-refractivity contribution is 7.87. The number of phenolic OH excluding ortho intramolecular Hbond substituents is 1. The van der Waals surface area contributed by atoms with Crippen LogP contribution in [-0.4, -0.2) is 26.0 Å². The number of rotatable bonds is 6. The third-order valence-electron chi connectivity index (χ3n) is 2.76. The maximum atomic E-state index is 12.0. The van der Waals surface area contributed by atoms with Crippen molar-refractivity contribution >= 4 is 33.2 Å². The molecule has 1 aromatic carbocycles. The monoisotopic (exact) mass is 324 g/mol. The van der Waals surface area contributed by atoms with E-state index in [-0.39, 0.29) is 11.3 Å².